The molecule has 0 radical (unpaired) electrons. The molecule has 3 heteroatoms. The molecule has 0 bridgehead atoms. The zero-order valence-corrected chi connectivity index (χ0v) is 13.8. The van der Waals surface area contributed by atoms with Crippen LogP contribution in [-0.4, -0.2) is 19.8 Å². The van der Waals surface area contributed by atoms with Crippen molar-refractivity contribution in [3.8, 4) is 11.5 Å². The van der Waals surface area contributed by atoms with Gasteiger partial charge in [0.25, 0.3) is 0 Å². The summed E-state index contributed by atoms with van der Waals surface area (Å²) < 4.78 is 11.0. The summed E-state index contributed by atoms with van der Waals surface area (Å²) in [6.45, 7) is 8.29. The lowest BCUT2D eigenvalue weighted by molar-refractivity contribution is 0.206. The zero-order valence-electron chi connectivity index (χ0n) is 13.8. The van der Waals surface area contributed by atoms with E-state index < -0.39 is 0 Å². The second-order valence-electron chi connectivity index (χ2n) is 6.17. The van der Waals surface area contributed by atoms with Crippen molar-refractivity contribution >= 4 is 0 Å². The van der Waals surface area contributed by atoms with Crippen LogP contribution in [0.1, 0.15) is 45.6 Å². The van der Waals surface area contributed by atoms with E-state index in [-0.39, 0.29) is 0 Å². The molecule has 1 N–H and O–H groups in total. The maximum absolute atomic E-state index is 5.56. The topological polar surface area (TPSA) is 30.5 Å². The second-order valence-corrected chi connectivity index (χ2v) is 6.17. The van der Waals surface area contributed by atoms with Gasteiger partial charge in [-0.05, 0) is 42.9 Å². The van der Waals surface area contributed by atoms with Gasteiger partial charge in [-0.25, -0.2) is 0 Å². The Bertz CT molecular complexity index is 447. The van der Waals surface area contributed by atoms with Gasteiger partial charge in [-0.3, -0.25) is 0 Å². The Labute approximate surface area is 129 Å². The normalized spacial score (nSPS) is 25.6. The lowest BCUT2D eigenvalue weighted by Crippen LogP contribution is -2.40. The number of methoxy groups -OCH3 is 1. The second kappa shape index (κ2) is 7.69. The van der Waals surface area contributed by atoms with Gasteiger partial charge in [-0.15, -0.1) is 0 Å². The molecule has 1 fully saturated rings. The van der Waals surface area contributed by atoms with Crippen LogP contribution in [0.25, 0.3) is 0 Å². The summed E-state index contributed by atoms with van der Waals surface area (Å²) in [5.74, 6) is 3.22. The quantitative estimate of drug-likeness (QED) is 0.859. The van der Waals surface area contributed by atoms with E-state index in [1.165, 1.54) is 24.8 Å². The monoisotopic (exact) mass is 291 g/mol. The van der Waals surface area contributed by atoms with Crippen molar-refractivity contribution in [3.05, 3.63) is 23.8 Å². The third kappa shape index (κ3) is 4.13. The van der Waals surface area contributed by atoms with Crippen molar-refractivity contribution in [2.45, 2.75) is 52.6 Å². The van der Waals surface area contributed by atoms with Crippen LogP contribution in [0.5, 0.6) is 11.5 Å². The van der Waals surface area contributed by atoms with E-state index in [9.17, 15) is 0 Å². The van der Waals surface area contributed by atoms with Crippen molar-refractivity contribution < 1.29 is 9.47 Å². The van der Waals surface area contributed by atoms with Crippen molar-refractivity contribution in [3.63, 3.8) is 0 Å². The van der Waals surface area contributed by atoms with E-state index >= 15 is 0 Å². The molecule has 0 spiro atoms. The highest BCUT2D eigenvalue weighted by Crippen LogP contribution is 2.31. The lowest BCUT2D eigenvalue weighted by atomic mass is 9.78. The van der Waals surface area contributed by atoms with Gasteiger partial charge in [-0.1, -0.05) is 32.8 Å². The van der Waals surface area contributed by atoms with Gasteiger partial charge in [0.2, 0.25) is 0 Å². The predicted molar refractivity (Wildman–Crippen MR) is 87.0 cm³/mol. The SMILES string of the molecule is CCOc1ccc(CNC2CCCC(C)C2C)cc1OC. The van der Waals surface area contributed by atoms with Gasteiger partial charge < -0.3 is 14.8 Å². The highest BCUT2D eigenvalue weighted by Gasteiger charge is 2.26. The summed E-state index contributed by atoms with van der Waals surface area (Å²) in [4.78, 5) is 0. The molecule has 21 heavy (non-hydrogen) atoms. The molecule has 0 aliphatic heterocycles. The van der Waals surface area contributed by atoms with E-state index in [1.54, 1.807) is 7.11 Å². The van der Waals surface area contributed by atoms with Crippen LogP contribution >= 0.6 is 0 Å². The molecule has 118 valence electrons. The number of nitrogens with one attached hydrogen (secondary N) is 1. The summed E-state index contributed by atoms with van der Waals surface area (Å²) in [6, 6.07) is 6.84. The number of benzene rings is 1. The summed E-state index contributed by atoms with van der Waals surface area (Å²) in [6.07, 6.45) is 4.01. The fraction of sp³-hybridized carbons (Fsp3) is 0.667. The summed E-state index contributed by atoms with van der Waals surface area (Å²) in [5, 5.41) is 3.72. The van der Waals surface area contributed by atoms with Crippen molar-refractivity contribution in [2.75, 3.05) is 13.7 Å². The first-order valence-electron chi connectivity index (χ1n) is 8.18. The van der Waals surface area contributed by atoms with Gasteiger partial charge in [0.05, 0.1) is 13.7 Å². The molecule has 3 unspecified atom stereocenters. The molecular formula is C18H29NO2. The third-order valence-corrected chi connectivity index (χ3v) is 4.80. The Morgan fingerprint density at radius 3 is 2.71 bits per heavy atom. The Kier molecular flexibility index (Phi) is 5.92. The van der Waals surface area contributed by atoms with Crippen molar-refractivity contribution in [2.24, 2.45) is 11.8 Å². The molecule has 3 nitrogen and oxygen atoms in total. The van der Waals surface area contributed by atoms with Gasteiger partial charge in [0.1, 0.15) is 0 Å². The molecule has 3 atom stereocenters. The molecule has 1 saturated carbocycles. The average molecular weight is 291 g/mol. The fourth-order valence-corrected chi connectivity index (χ4v) is 3.22. The fourth-order valence-electron chi connectivity index (χ4n) is 3.22. The smallest absolute Gasteiger partial charge is 0.161 e. The molecule has 0 saturated heterocycles. The number of ether oxygens (including phenoxy) is 2. The van der Waals surface area contributed by atoms with Gasteiger partial charge >= 0.3 is 0 Å². The number of hydrogen-bond acceptors (Lipinski definition) is 3. The highest BCUT2D eigenvalue weighted by molar-refractivity contribution is 5.42. The minimum atomic E-state index is 0.631. The van der Waals surface area contributed by atoms with Gasteiger partial charge in [-0.2, -0.15) is 0 Å². The van der Waals surface area contributed by atoms with E-state index in [1.807, 2.05) is 13.0 Å². The molecule has 0 amide bonds. The van der Waals surface area contributed by atoms with Gasteiger partial charge in [0.15, 0.2) is 11.5 Å². The molecule has 1 aromatic rings. The first-order valence-corrected chi connectivity index (χ1v) is 8.18. The van der Waals surface area contributed by atoms with Gasteiger partial charge in [0, 0.05) is 12.6 Å². The first-order chi connectivity index (χ1) is 10.2. The number of hydrogen-bond donors (Lipinski definition) is 1. The molecule has 1 aliphatic carbocycles. The molecule has 1 aliphatic rings. The van der Waals surface area contributed by atoms with Crippen LogP contribution in [0.15, 0.2) is 18.2 Å². The lowest BCUT2D eigenvalue weighted by Gasteiger charge is -2.34. The molecular weight excluding hydrogens is 262 g/mol. The summed E-state index contributed by atoms with van der Waals surface area (Å²) in [7, 11) is 1.69. The minimum absolute atomic E-state index is 0.631. The van der Waals surface area contributed by atoms with Crippen LogP contribution in [-0.2, 0) is 6.54 Å². The van der Waals surface area contributed by atoms with Crippen molar-refractivity contribution in [1.29, 1.82) is 0 Å². The Morgan fingerprint density at radius 2 is 2.00 bits per heavy atom. The van der Waals surface area contributed by atoms with E-state index in [4.69, 9.17) is 9.47 Å². The average Bonchev–Trinajstić information content (AvgIpc) is 2.50. The molecule has 0 heterocycles. The largest absolute Gasteiger partial charge is 0.493 e. The molecule has 0 aromatic heterocycles. The third-order valence-electron chi connectivity index (χ3n) is 4.80. The first kappa shape index (κ1) is 16.2. The van der Waals surface area contributed by atoms with Crippen LogP contribution in [0.2, 0.25) is 0 Å². The van der Waals surface area contributed by atoms with Crippen LogP contribution < -0.4 is 14.8 Å². The Morgan fingerprint density at radius 1 is 1.19 bits per heavy atom. The molecule has 2 rings (SSSR count). The Hall–Kier alpha value is -1.22. The zero-order chi connectivity index (χ0) is 15.2. The van der Waals surface area contributed by atoms with Crippen LogP contribution in [0, 0.1) is 11.8 Å². The van der Waals surface area contributed by atoms with E-state index in [0.717, 1.165) is 29.9 Å². The Balaban J connectivity index is 1.96. The van der Waals surface area contributed by atoms with E-state index in [0.29, 0.717) is 12.6 Å². The predicted octanol–water partition coefficient (Wildman–Crippen LogP) is 4.01. The summed E-state index contributed by atoms with van der Waals surface area (Å²) in [5.41, 5.74) is 1.25. The number of rotatable bonds is 6. The maximum Gasteiger partial charge on any atom is 0.161 e. The van der Waals surface area contributed by atoms with Crippen molar-refractivity contribution in [1.82, 2.24) is 5.32 Å². The standard InChI is InChI=1S/C18H29NO2/c1-5-21-17-10-9-15(11-18(17)20-4)12-19-16-8-6-7-13(2)14(16)3/h9-11,13-14,16,19H,5-8,12H2,1-4H3. The maximum atomic E-state index is 5.56. The summed E-state index contributed by atoms with van der Waals surface area (Å²) >= 11 is 0. The van der Waals surface area contributed by atoms with Crippen LogP contribution in [0.3, 0.4) is 0 Å². The minimum Gasteiger partial charge on any atom is -0.493 e. The van der Waals surface area contributed by atoms with Crippen LogP contribution in [0.4, 0.5) is 0 Å². The van der Waals surface area contributed by atoms with E-state index in [2.05, 4.69) is 31.3 Å². The molecule has 1 aromatic carbocycles. The highest BCUT2D eigenvalue weighted by atomic mass is 16.5.